The van der Waals surface area contributed by atoms with E-state index in [0.717, 1.165) is 39.0 Å². The number of para-hydroxylation sites is 1. The van der Waals surface area contributed by atoms with Crippen LogP contribution in [0.3, 0.4) is 0 Å². The van der Waals surface area contributed by atoms with E-state index in [2.05, 4.69) is 49.4 Å². The van der Waals surface area contributed by atoms with Crippen molar-refractivity contribution in [3.05, 3.63) is 96.1 Å². The number of fused-ring (bicyclic) bond motifs is 1. The summed E-state index contributed by atoms with van der Waals surface area (Å²) in [5.41, 5.74) is 5.33. The fourth-order valence-electron chi connectivity index (χ4n) is 2.97. The maximum absolute atomic E-state index is 6.18. The van der Waals surface area contributed by atoms with Gasteiger partial charge < -0.3 is 4.74 Å². The number of hydrogen-bond donors (Lipinski definition) is 0. The van der Waals surface area contributed by atoms with Crippen molar-refractivity contribution in [1.82, 2.24) is 4.98 Å². The smallest absolute Gasteiger partial charge is 0.131 e. The minimum Gasteiger partial charge on any atom is -0.488 e. The average Bonchev–Trinajstić information content (AvgIpc) is 2.68. The van der Waals surface area contributed by atoms with Crippen molar-refractivity contribution in [3.63, 3.8) is 0 Å². The summed E-state index contributed by atoms with van der Waals surface area (Å²) < 4.78 is 6.18. The van der Waals surface area contributed by atoms with Crippen LogP contribution >= 0.6 is 0 Å². The van der Waals surface area contributed by atoms with Gasteiger partial charge in [0.05, 0.1) is 11.2 Å². The van der Waals surface area contributed by atoms with Crippen LogP contribution in [0.25, 0.3) is 22.2 Å². The van der Waals surface area contributed by atoms with Crippen molar-refractivity contribution in [2.75, 3.05) is 0 Å². The van der Waals surface area contributed by atoms with Gasteiger partial charge in [-0.3, -0.25) is 0 Å². The van der Waals surface area contributed by atoms with Gasteiger partial charge in [0, 0.05) is 17.0 Å². The van der Waals surface area contributed by atoms with Gasteiger partial charge in [-0.2, -0.15) is 0 Å². The van der Waals surface area contributed by atoms with Crippen molar-refractivity contribution in [2.45, 2.75) is 13.5 Å². The number of pyridine rings is 1. The van der Waals surface area contributed by atoms with Crippen LogP contribution in [0.15, 0.2) is 84.9 Å². The zero-order valence-electron chi connectivity index (χ0n) is 14.1. The van der Waals surface area contributed by atoms with E-state index in [1.807, 2.05) is 42.5 Å². The quantitative estimate of drug-likeness (QED) is 0.474. The van der Waals surface area contributed by atoms with E-state index in [9.17, 15) is 0 Å². The molecule has 1 aromatic heterocycles. The minimum atomic E-state index is 0.544. The molecule has 122 valence electrons. The van der Waals surface area contributed by atoms with E-state index < -0.39 is 0 Å². The lowest BCUT2D eigenvalue weighted by Crippen LogP contribution is -1.98. The Bertz CT molecular complexity index is 994. The summed E-state index contributed by atoms with van der Waals surface area (Å²) >= 11 is 0. The number of aryl methyl sites for hydroxylation is 1. The normalized spacial score (nSPS) is 10.8. The van der Waals surface area contributed by atoms with Gasteiger partial charge in [0.25, 0.3) is 0 Å². The molecule has 0 amide bonds. The summed E-state index contributed by atoms with van der Waals surface area (Å²) in [5.74, 6) is 0.872. The highest BCUT2D eigenvalue weighted by molar-refractivity contribution is 5.90. The zero-order valence-corrected chi connectivity index (χ0v) is 14.1. The van der Waals surface area contributed by atoms with Gasteiger partial charge in [-0.05, 0) is 24.1 Å². The van der Waals surface area contributed by atoms with Crippen LogP contribution in [0.5, 0.6) is 5.75 Å². The van der Waals surface area contributed by atoms with Crippen LogP contribution < -0.4 is 4.74 Å². The summed E-state index contributed by atoms with van der Waals surface area (Å²) in [4.78, 5) is 4.88. The van der Waals surface area contributed by atoms with Crippen molar-refractivity contribution >= 4 is 10.9 Å². The van der Waals surface area contributed by atoms with Crippen molar-refractivity contribution in [3.8, 4) is 17.0 Å². The molecule has 0 N–H and O–H groups in total. The number of benzene rings is 3. The molecule has 0 aliphatic heterocycles. The predicted molar refractivity (Wildman–Crippen MR) is 103 cm³/mol. The first-order valence-electron chi connectivity index (χ1n) is 8.44. The fourth-order valence-corrected chi connectivity index (χ4v) is 2.97. The fraction of sp³-hybridized carbons (Fsp3) is 0.0870. The van der Waals surface area contributed by atoms with Gasteiger partial charge in [-0.15, -0.1) is 0 Å². The number of rotatable bonds is 4. The summed E-state index contributed by atoms with van der Waals surface area (Å²) in [6.07, 6.45) is 0. The number of hydrogen-bond acceptors (Lipinski definition) is 2. The van der Waals surface area contributed by atoms with Crippen LogP contribution in [0.2, 0.25) is 0 Å². The second-order valence-corrected chi connectivity index (χ2v) is 6.12. The molecule has 4 aromatic rings. The van der Waals surface area contributed by atoms with Crippen molar-refractivity contribution < 1.29 is 4.74 Å². The van der Waals surface area contributed by atoms with Crippen molar-refractivity contribution in [2.24, 2.45) is 0 Å². The first-order chi connectivity index (χ1) is 12.3. The second-order valence-electron chi connectivity index (χ2n) is 6.12. The second kappa shape index (κ2) is 6.78. The molecule has 0 aliphatic rings. The van der Waals surface area contributed by atoms with Crippen LogP contribution in [-0.2, 0) is 6.61 Å². The molecule has 4 rings (SSSR count). The Morgan fingerprint density at radius 1 is 0.800 bits per heavy atom. The third kappa shape index (κ3) is 3.24. The summed E-state index contributed by atoms with van der Waals surface area (Å²) in [5, 5.41) is 1.05. The average molecular weight is 325 g/mol. The molecule has 0 saturated heterocycles. The number of nitrogens with zero attached hydrogens (tertiary/aromatic N) is 1. The maximum Gasteiger partial charge on any atom is 0.131 e. The molecule has 3 aromatic carbocycles. The van der Waals surface area contributed by atoms with Gasteiger partial charge >= 0.3 is 0 Å². The molecule has 2 heteroatoms. The highest BCUT2D eigenvalue weighted by atomic mass is 16.5. The monoisotopic (exact) mass is 325 g/mol. The molecule has 0 aliphatic carbocycles. The maximum atomic E-state index is 6.18. The third-order valence-electron chi connectivity index (χ3n) is 4.31. The van der Waals surface area contributed by atoms with Gasteiger partial charge in [-0.1, -0.05) is 72.8 Å². The van der Waals surface area contributed by atoms with Crippen LogP contribution in [0, 0.1) is 6.92 Å². The van der Waals surface area contributed by atoms with E-state index >= 15 is 0 Å². The molecule has 0 fully saturated rings. The van der Waals surface area contributed by atoms with E-state index in [1.165, 1.54) is 0 Å². The van der Waals surface area contributed by atoms with Crippen LogP contribution in [-0.4, -0.2) is 4.98 Å². The van der Waals surface area contributed by atoms with E-state index in [0.29, 0.717) is 6.61 Å². The van der Waals surface area contributed by atoms with Gasteiger partial charge in [0.15, 0.2) is 0 Å². The van der Waals surface area contributed by atoms with E-state index in [-0.39, 0.29) is 0 Å². The largest absolute Gasteiger partial charge is 0.488 e. The van der Waals surface area contributed by atoms with E-state index in [1.54, 1.807) is 0 Å². The first kappa shape index (κ1) is 15.4. The SMILES string of the molecule is Cc1cccc2c(OCc3ccccc3)cc(-c3ccccc3)nc12. The Labute approximate surface area is 147 Å². The Balaban J connectivity index is 1.79. The lowest BCUT2D eigenvalue weighted by atomic mass is 10.1. The zero-order chi connectivity index (χ0) is 17.1. The molecule has 1 heterocycles. The molecule has 0 spiro atoms. The van der Waals surface area contributed by atoms with Gasteiger partial charge in [-0.25, -0.2) is 4.98 Å². The standard InChI is InChI=1S/C23H19NO/c1-17-9-8-14-20-22(25-16-18-10-4-2-5-11-18)15-21(24-23(17)20)19-12-6-3-7-13-19/h2-15H,16H2,1H3. The number of aromatic nitrogens is 1. The topological polar surface area (TPSA) is 22.1 Å². The molecule has 2 nitrogen and oxygen atoms in total. The Morgan fingerprint density at radius 3 is 2.28 bits per heavy atom. The van der Waals surface area contributed by atoms with Gasteiger partial charge in [0.1, 0.15) is 12.4 Å². The molecule has 25 heavy (non-hydrogen) atoms. The highest BCUT2D eigenvalue weighted by Crippen LogP contribution is 2.32. The van der Waals surface area contributed by atoms with Gasteiger partial charge in [0.2, 0.25) is 0 Å². The summed E-state index contributed by atoms with van der Waals surface area (Å²) in [6, 6.07) is 28.7. The Kier molecular flexibility index (Phi) is 4.17. The van der Waals surface area contributed by atoms with Crippen LogP contribution in [0.1, 0.15) is 11.1 Å². The third-order valence-corrected chi connectivity index (χ3v) is 4.31. The highest BCUT2D eigenvalue weighted by Gasteiger charge is 2.10. The Morgan fingerprint density at radius 2 is 1.52 bits per heavy atom. The van der Waals surface area contributed by atoms with E-state index in [4.69, 9.17) is 9.72 Å². The molecule has 0 unspecified atom stereocenters. The molecular formula is C23H19NO. The molecular weight excluding hydrogens is 306 g/mol. The molecule has 0 radical (unpaired) electrons. The molecule has 0 atom stereocenters. The lowest BCUT2D eigenvalue weighted by Gasteiger charge is -2.13. The Hall–Kier alpha value is -3.13. The first-order valence-corrected chi connectivity index (χ1v) is 8.44. The van der Waals surface area contributed by atoms with Crippen molar-refractivity contribution in [1.29, 1.82) is 0 Å². The number of ether oxygens (including phenoxy) is 1. The lowest BCUT2D eigenvalue weighted by molar-refractivity contribution is 0.310. The molecule has 0 saturated carbocycles. The summed E-state index contributed by atoms with van der Waals surface area (Å²) in [7, 11) is 0. The predicted octanol–water partition coefficient (Wildman–Crippen LogP) is 5.79. The minimum absolute atomic E-state index is 0.544. The summed E-state index contributed by atoms with van der Waals surface area (Å²) in [6.45, 7) is 2.63. The van der Waals surface area contributed by atoms with Crippen LogP contribution in [0.4, 0.5) is 0 Å². The molecule has 0 bridgehead atoms.